The molecule has 4 aliphatic heterocycles. The third-order valence-corrected chi connectivity index (χ3v) is 5.23. The molecule has 4 rings (SSSR count). The topological polar surface area (TPSA) is 97.6 Å². The SMILES string of the molecule is OCC1O[C@H]2C[C@H]3O[C@H]4CC=CCO[C@@H]4[C@@H](O)[C@@H]3O[C@@H]2C=CC1O. The first-order valence-electron chi connectivity index (χ1n) is 8.55. The lowest BCUT2D eigenvalue weighted by Gasteiger charge is -2.49. The van der Waals surface area contributed by atoms with E-state index in [1.807, 2.05) is 12.2 Å². The molecule has 0 radical (unpaired) electrons. The standard InChI is InChI=1S/C17H24O7/c18-8-14-9(19)4-5-10-12(23-14)7-13-17(24-10)15(20)16-11(22-13)3-1-2-6-21-16/h1-2,4-5,9-20H,3,6-8H2/t9?,10-,11+,12+,13-,14?,15-,16+,17-/m1/s1. The van der Waals surface area contributed by atoms with Crippen molar-refractivity contribution in [3.63, 3.8) is 0 Å². The second-order valence-corrected chi connectivity index (χ2v) is 6.78. The number of rotatable bonds is 1. The van der Waals surface area contributed by atoms with E-state index in [1.165, 1.54) is 0 Å². The summed E-state index contributed by atoms with van der Waals surface area (Å²) < 4.78 is 23.7. The van der Waals surface area contributed by atoms with Crippen LogP contribution in [0.1, 0.15) is 12.8 Å². The fourth-order valence-corrected chi connectivity index (χ4v) is 3.96. The average Bonchev–Trinajstić information content (AvgIpc) is 2.91. The predicted molar refractivity (Wildman–Crippen MR) is 82.3 cm³/mol. The molecule has 7 nitrogen and oxygen atoms in total. The van der Waals surface area contributed by atoms with Crippen molar-refractivity contribution < 1.29 is 34.3 Å². The van der Waals surface area contributed by atoms with E-state index in [4.69, 9.17) is 18.9 Å². The molecule has 4 aliphatic rings. The molecule has 0 aliphatic carbocycles. The van der Waals surface area contributed by atoms with Gasteiger partial charge in [0.1, 0.15) is 36.6 Å². The zero-order chi connectivity index (χ0) is 16.7. The molecule has 0 saturated carbocycles. The largest absolute Gasteiger partial charge is 0.394 e. The molecule has 0 spiro atoms. The highest BCUT2D eigenvalue weighted by molar-refractivity contribution is 5.09. The van der Waals surface area contributed by atoms with Gasteiger partial charge in [0.05, 0.1) is 31.5 Å². The monoisotopic (exact) mass is 340 g/mol. The molecule has 24 heavy (non-hydrogen) atoms. The molecule has 134 valence electrons. The van der Waals surface area contributed by atoms with Crippen molar-refractivity contribution in [1.29, 1.82) is 0 Å². The minimum Gasteiger partial charge on any atom is -0.394 e. The van der Waals surface area contributed by atoms with Crippen molar-refractivity contribution in [3.05, 3.63) is 24.3 Å². The summed E-state index contributed by atoms with van der Waals surface area (Å²) in [6.07, 6.45) is 4.01. The Morgan fingerprint density at radius 1 is 0.917 bits per heavy atom. The number of hydrogen-bond acceptors (Lipinski definition) is 7. The summed E-state index contributed by atoms with van der Waals surface area (Å²) in [6.45, 7) is 0.189. The Morgan fingerprint density at radius 3 is 2.62 bits per heavy atom. The van der Waals surface area contributed by atoms with Gasteiger partial charge in [0.2, 0.25) is 0 Å². The van der Waals surface area contributed by atoms with E-state index in [0.29, 0.717) is 19.4 Å². The quantitative estimate of drug-likeness (QED) is 0.543. The zero-order valence-corrected chi connectivity index (χ0v) is 13.3. The van der Waals surface area contributed by atoms with E-state index in [2.05, 4.69) is 0 Å². The minimum atomic E-state index is -0.878. The highest BCUT2D eigenvalue weighted by Crippen LogP contribution is 2.37. The highest BCUT2D eigenvalue weighted by Gasteiger charge is 2.52. The van der Waals surface area contributed by atoms with Crippen molar-refractivity contribution in [3.8, 4) is 0 Å². The lowest BCUT2D eigenvalue weighted by atomic mass is 9.87. The zero-order valence-electron chi connectivity index (χ0n) is 13.3. The van der Waals surface area contributed by atoms with Crippen LogP contribution in [-0.2, 0) is 18.9 Å². The molecule has 0 aromatic heterocycles. The molecule has 3 N–H and O–H groups in total. The second-order valence-electron chi connectivity index (χ2n) is 6.78. The van der Waals surface area contributed by atoms with Gasteiger partial charge in [-0.1, -0.05) is 24.3 Å². The van der Waals surface area contributed by atoms with Gasteiger partial charge >= 0.3 is 0 Å². The molecule has 0 aromatic carbocycles. The smallest absolute Gasteiger partial charge is 0.113 e. The first kappa shape index (κ1) is 16.7. The molecule has 2 saturated heterocycles. The fourth-order valence-electron chi connectivity index (χ4n) is 3.96. The number of hydrogen-bond donors (Lipinski definition) is 3. The van der Waals surface area contributed by atoms with Gasteiger partial charge in [-0.05, 0) is 6.42 Å². The van der Waals surface area contributed by atoms with Crippen LogP contribution in [0.25, 0.3) is 0 Å². The molecule has 2 fully saturated rings. The summed E-state index contributed by atoms with van der Waals surface area (Å²) in [7, 11) is 0. The Morgan fingerprint density at radius 2 is 1.79 bits per heavy atom. The van der Waals surface area contributed by atoms with Crippen LogP contribution in [0.5, 0.6) is 0 Å². The maximum atomic E-state index is 10.7. The van der Waals surface area contributed by atoms with Crippen LogP contribution in [0.2, 0.25) is 0 Å². The van der Waals surface area contributed by atoms with Crippen molar-refractivity contribution >= 4 is 0 Å². The second kappa shape index (κ2) is 6.84. The Bertz CT molecular complexity index is 507. The lowest BCUT2D eigenvalue weighted by molar-refractivity contribution is -0.286. The fraction of sp³-hybridized carbons (Fsp3) is 0.765. The molecule has 7 heteroatoms. The van der Waals surface area contributed by atoms with Crippen LogP contribution in [0.3, 0.4) is 0 Å². The van der Waals surface area contributed by atoms with E-state index >= 15 is 0 Å². The van der Waals surface area contributed by atoms with Crippen LogP contribution in [0.4, 0.5) is 0 Å². The van der Waals surface area contributed by atoms with E-state index in [9.17, 15) is 15.3 Å². The van der Waals surface area contributed by atoms with Crippen LogP contribution in [-0.4, -0.2) is 83.5 Å². The first-order chi connectivity index (χ1) is 11.7. The average molecular weight is 340 g/mol. The minimum absolute atomic E-state index is 0.208. The van der Waals surface area contributed by atoms with Gasteiger partial charge in [-0.25, -0.2) is 0 Å². The molecule has 9 atom stereocenters. The van der Waals surface area contributed by atoms with Crippen molar-refractivity contribution in [2.45, 2.75) is 67.8 Å². The first-order valence-corrected chi connectivity index (χ1v) is 8.55. The van der Waals surface area contributed by atoms with Crippen molar-refractivity contribution in [2.24, 2.45) is 0 Å². The van der Waals surface area contributed by atoms with E-state index < -0.39 is 36.6 Å². The van der Waals surface area contributed by atoms with E-state index in [1.54, 1.807) is 12.2 Å². The van der Waals surface area contributed by atoms with Gasteiger partial charge in [-0.2, -0.15) is 0 Å². The van der Waals surface area contributed by atoms with Crippen molar-refractivity contribution in [1.82, 2.24) is 0 Å². The predicted octanol–water partition coefficient (Wildman–Crippen LogP) is -0.706. The summed E-state index contributed by atoms with van der Waals surface area (Å²) in [5, 5.41) is 30.1. The number of aliphatic hydroxyl groups excluding tert-OH is 3. The van der Waals surface area contributed by atoms with Gasteiger partial charge in [0.25, 0.3) is 0 Å². The molecule has 0 aromatic rings. The van der Waals surface area contributed by atoms with E-state index in [-0.39, 0.29) is 24.9 Å². The third kappa shape index (κ3) is 2.94. The Labute approximate surface area is 140 Å². The summed E-state index contributed by atoms with van der Waals surface area (Å²) in [5.74, 6) is 0. The van der Waals surface area contributed by atoms with Gasteiger partial charge in [0, 0.05) is 6.42 Å². The Balaban J connectivity index is 1.53. The number of aliphatic hydroxyl groups is 3. The molecule has 0 amide bonds. The summed E-state index contributed by atoms with van der Waals surface area (Å²) in [5.41, 5.74) is 0. The van der Waals surface area contributed by atoms with Crippen LogP contribution >= 0.6 is 0 Å². The third-order valence-electron chi connectivity index (χ3n) is 5.23. The number of fused-ring (bicyclic) bond motifs is 3. The molecule has 4 heterocycles. The number of ether oxygens (including phenoxy) is 4. The molecular formula is C17H24O7. The van der Waals surface area contributed by atoms with Crippen LogP contribution < -0.4 is 0 Å². The molecule has 0 bridgehead atoms. The maximum Gasteiger partial charge on any atom is 0.113 e. The summed E-state index contributed by atoms with van der Waals surface area (Å²) in [4.78, 5) is 0. The Kier molecular flexibility index (Phi) is 4.75. The Hall–Kier alpha value is -0.800. The van der Waals surface area contributed by atoms with Gasteiger partial charge in [-0.3, -0.25) is 0 Å². The molecule has 2 unspecified atom stereocenters. The summed E-state index contributed by atoms with van der Waals surface area (Å²) in [6, 6.07) is 0. The van der Waals surface area contributed by atoms with E-state index in [0.717, 1.165) is 0 Å². The normalized spacial score (nSPS) is 51.0. The maximum absolute atomic E-state index is 10.7. The van der Waals surface area contributed by atoms with Crippen molar-refractivity contribution in [2.75, 3.05) is 13.2 Å². The summed E-state index contributed by atoms with van der Waals surface area (Å²) >= 11 is 0. The van der Waals surface area contributed by atoms with Gasteiger partial charge < -0.3 is 34.3 Å². The highest BCUT2D eigenvalue weighted by atomic mass is 16.6. The lowest BCUT2D eigenvalue weighted by Crippen LogP contribution is -2.63. The van der Waals surface area contributed by atoms with Crippen LogP contribution in [0, 0.1) is 0 Å². The van der Waals surface area contributed by atoms with Gasteiger partial charge in [0.15, 0.2) is 0 Å². The van der Waals surface area contributed by atoms with Crippen LogP contribution in [0.15, 0.2) is 24.3 Å². The molecular weight excluding hydrogens is 316 g/mol. The van der Waals surface area contributed by atoms with Gasteiger partial charge in [-0.15, -0.1) is 0 Å².